The summed E-state index contributed by atoms with van der Waals surface area (Å²) in [5, 5.41) is 11.4. The van der Waals surface area contributed by atoms with Crippen LogP contribution < -0.4 is 9.80 Å². The predicted molar refractivity (Wildman–Crippen MR) is 304 cm³/mol. The van der Waals surface area contributed by atoms with Gasteiger partial charge in [0.25, 0.3) is 0 Å². The monoisotopic (exact) mass is 924 g/mol. The van der Waals surface area contributed by atoms with Crippen molar-refractivity contribution >= 4 is 110 Å². The molecule has 0 spiro atoms. The molecule has 14 rings (SSSR count). The van der Waals surface area contributed by atoms with E-state index < -0.39 is 0 Å². The molecular weight excluding hydrogens is 877 g/mol. The molecule has 0 saturated carbocycles. The summed E-state index contributed by atoms with van der Waals surface area (Å²) in [5.74, 6) is 0. The van der Waals surface area contributed by atoms with Gasteiger partial charge >= 0.3 is 0 Å². The molecule has 4 heteroatoms. The normalized spacial score (nSPS) is 12.1. The van der Waals surface area contributed by atoms with Crippen LogP contribution in [0, 0.1) is 0 Å². The molecule has 0 saturated heterocycles. The van der Waals surface area contributed by atoms with Crippen molar-refractivity contribution in [2.45, 2.75) is 26.2 Å². The molecule has 0 radical (unpaired) electrons. The molecule has 0 aliphatic carbocycles. The second kappa shape index (κ2) is 16.2. The van der Waals surface area contributed by atoms with Gasteiger partial charge in [0, 0.05) is 60.2 Å². The van der Waals surface area contributed by atoms with Gasteiger partial charge in [-0.15, -0.1) is 0 Å². The van der Waals surface area contributed by atoms with Gasteiger partial charge in [-0.2, -0.15) is 0 Å². The van der Waals surface area contributed by atoms with E-state index in [-0.39, 0.29) is 5.41 Å². The van der Waals surface area contributed by atoms with E-state index in [1.165, 1.54) is 27.1 Å². The maximum absolute atomic E-state index is 7.23. The van der Waals surface area contributed by atoms with Gasteiger partial charge in [-0.1, -0.05) is 215 Å². The predicted octanol–water partition coefficient (Wildman–Crippen LogP) is 20.0. The summed E-state index contributed by atoms with van der Waals surface area (Å²) < 4.78 is 14.5. The molecule has 0 atom stereocenters. The largest absolute Gasteiger partial charge is 0.453 e. The molecule has 14 aromatic rings. The summed E-state index contributed by atoms with van der Waals surface area (Å²) in [4.78, 5) is 4.83. The Morgan fingerprint density at radius 1 is 0.306 bits per heavy atom. The lowest BCUT2D eigenvalue weighted by atomic mass is 9.83. The Balaban J connectivity index is 1.11. The standard InChI is InChI=1S/C68H48N2O2/c1-68(2,3)47-40-45-36-38-56-60(69(48-24-12-6-13-25-48)58-34-18-32-54-52-30-16-28-50(64(52)71-66(54)58)43-20-8-4-9-21-43)42-61(57-39-37-46(41-47)62(45)63(56)57)70(49-26-14-7-15-27-49)59-35-19-33-55-53-31-17-29-51(65(53)72-67(55)59)44-22-10-5-11-23-44/h4-42H,1-3H3. The molecule has 4 nitrogen and oxygen atoms in total. The van der Waals surface area contributed by atoms with Crippen molar-refractivity contribution in [3.63, 3.8) is 0 Å². The van der Waals surface area contributed by atoms with Crippen LogP contribution in [0.1, 0.15) is 26.3 Å². The minimum absolute atomic E-state index is 0.0354. The average molecular weight is 925 g/mol. The van der Waals surface area contributed by atoms with Crippen LogP contribution in [0.25, 0.3) is 98.4 Å². The molecule has 0 amide bonds. The van der Waals surface area contributed by atoms with E-state index in [0.717, 1.165) is 111 Å². The highest BCUT2D eigenvalue weighted by Gasteiger charge is 2.29. The summed E-state index contributed by atoms with van der Waals surface area (Å²) in [6, 6.07) is 85.3. The molecular formula is C68H48N2O2. The van der Waals surface area contributed by atoms with E-state index in [0.29, 0.717) is 0 Å². The summed E-state index contributed by atoms with van der Waals surface area (Å²) in [6.45, 7) is 6.90. The lowest BCUT2D eigenvalue weighted by Crippen LogP contribution is -2.15. The van der Waals surface area contributed by atoms with E-state index in [9.17, 15) is 0 Å². The molecule has 0 N–H and O–H groups in total. The molecule has 2 aromatic heterocycles. The third-order valence-electron chi connectivity index (χ3n) is 14.7. The number of fused-ring (bicyclic) bond motifs is 6. The fourth-order valence-corrected chi connectivity index (χ4v) is 11.3. The first-order valence-electron chi connectivity index (χ1n) is 24.8. The summed E-state index contributed by atoms with van der Waals surface area (Å²) in [6.07, 6.45) is 0. The average Bonchev–Trinajstić information content (AvgIpc) is 4.01. The van der Waals surface area contributed by atoms with Crippen LogP contribution >= 0.6 is 0 Å². The molecule has 72 heavy (non-hydrogen) atoms. The molecule has 0 fully saturated rings. The minimum Gasteiger partial charge on any atom is -0.453 e. The van der Waals surface area contributed by atoms with Crippen molar-refractivity contribution in [2.24, 2.45) is 0 Å². The van der Waals surface area contributed by atoms with Crippen LogP contribution in [0.2, 0.25) is 0 Å². The molecule has 0 bridgehead atoms. The van der Waals surface area contributed by atoms with Gasteiger partial charge in [-0.25, -0.2) is 0 Å². The Kier molecular flexibility index (Phi) is 9.43. The first-order valence-corrected chi connectivity index (χ1v) is 24.8. The lowest BCUT2D eigenvalue weighted by molar-refractivity contribution is 0.591. The van der Waals surface area contributed by atoms with Gasteiger partial charge < -0.3 is 18.6 Å². The van der Waals surface area contributed by atoms with Crippen molar-refractivity contribution in [3.05, 3.63) is 242 Å². The zero-order valence-electron chi connectivity index (χ0n) is 40.2. The van der Waals surface area contributed by atoms with Crippen LogP contribution in [0.3, 0.4) is 0 Å². The lowest BCUT2D eigenvalue weighted by Gasteiger charge is -2.32. The van der Waals surface area contributed by atoms with Crippen molar-refractivity contribution < 1.29 is 8.83 Å². The van der Waals surface area contributed by atoms with E-state index in [2.05, 4.69) is 267 Å². The van der Waals surface area contributed by atoms with Crippen LogP contribution in [0.4, 0.5) is 34.1 Å². The highest BCUT2D eigenvalue weighted by molar-refractivity contribution is 6.30. The molecule has 12 aromatic carbocycles. The SMILES string of the molecule is CC(C)(C)c1cc2ccc3c(N(c4ccccc4)c4cccc5c4oc4c(-c6ccccc6)cccc45)cc(N(c4ccccc4)c4cccc5c4oc4c(-c6ccccc6)cccc45)c4ccc(c1)c2c34. The number of hydrogen-bond donors (Lipinski definition) is 0. The van der Waals surface area contributed by atoms with Crippen LogP contribution in [0.5, 0.6) is 0 Å². The Morgan fingerprint density at radius 3 is 1.11 bits per heavy atom. The molecule has 342 valence electrons. The fraction of sp³-hybridized carbons (Fsp3) is 0.0588. The Hall–Kier alpha value is -9.12. The molecule has 2 heterocycles. The highest BCUT2D eigenvalue weighted by atomic mass is 16.3. The maximum atomic E-state index is 7.23. The smallest absolute Gasteiger partial charge is 0.159 e. The Labute approximate surface area is 417 Å². The van der Waals surface area contributed by atoms with Gasteiger partial charge in [0.1, 0.15) is 11.2 Å². The highest BCUT2D eigenvalue weighted by Crippen LogP contribution is 2.53. The first kappa shape index (κ1) is 41.8. The van der Waals surface area contributed by atoms with Gasteiger partial charge in [0.15, 0.2) is 11.2 Å². The van der Waals surface area contributed by atoms with E-state index in [1.807, 2.05) is 0 Å². The number of nitrogens with zero attached hydrogens (tertiary/aromatic N) is 2. The quantitative estimate of drug-likeness (QED) is 0.142. The van der Waals surface area contributed by atoms with Crippen molar-refractivity contribution in [1.82, 2.24) is 0 Å². The van der Waals surface area contributed by atoms with Gasteiger partial charge in [-0.3, -0.25) is 0 Å². The zero-order chi connectivity index (χ0) is 48.1. The first-order chi connectivity index (χ1) is 35.4. The number of anilines is 6. The number of para-hydroxylation sites is 6. The number of hydrogen-bond acceptors (Lipinski definition) is 4. The number of rotatable bonds is 8. The zero-order valence-corrected chi connectivity index (χ0v) is 40.2. The summed E-state index contributed by atoms with van der Waals surface area (Å²) in [5.41, 5.74) is 15.0. The third kappa shape index (κ3) is 6.53. The number of benzene rings is 12. The van der Waals surface area contributed by atoms with E-state index in [1.54, 1.807) is 0 Å². The maximum Gasteiger partial charge on any atom is 0.159 e. The minimum atomic E-state index is -0.0354. The van der Waals surface area contributed by atoms with Crippen LogP contribution in [0.15, 0.2) is 245 Å². The number of furan rings is 2. The van der Waals surface area contributed by atoms with Gasteiger partial charge in [0.05, 0.1) is 22.7 Å². The third-order valence-corrected chi connectivity index (χ3v) is 14.7. The van der Waals surface area contributed by atoms with Gasteiger partial charge in [-0.05, 0) is 80.7 Å². The van der Waals surface area contributed by atoms with Crippen molar-refractivity contribution in [2.75, 3.05) is 9.80 Å². The fourth-order valence-electron chi connectivity index (χ4n) is 11.3. The molecule has 0 unspecified atom stereocenters. The van der Waals surface area contributed by atoms with Gasteiger partial charge in [0.2, 0.25) is 0 Å². The van der Waals surface area contributed by atoms with E-state index >= 15 is 0 Å². The molecule has 0 aliphatic rings. The van der Waals surface area contributed by atoms with Crippen molar-refractivity contribution in [3.8, 4) is 22.3 Å². The van der Waals surface area contributed by atoms with E-state index in [4.69, 9.17) is 8.83 Å². The second-order valence-electron chi connectivity index (χ2n) is 20.0. The second-order valence-corrected chi connectivity index (χ2v) is 20.0. The van der Waals surface area contributed by atoms with Crippen molar-refractivity contribution in [1.29, 1.82) is 0 Å². The topological polar surface area (TPSA) is 32.8 Å². The Morgan fingerprint density at radius 2 is 0.694 bits per heavy atom. The summed E-state index contributed by atoms with van der Waals surface area (Å²) in [7, 11) is 0. The summed E-state index contributed by atoms with van der Waals surface area (Å²) >= 11 is 0. The molecule has 0 aliphatic heterocycles. The van der Waals surface area contributed by atoms with Crippen LogP contribution in [-0.2, 0) is 5.41 Å². The van der Waals surface area contributed by atoms with Crippen LogP contribution in [-0.4, -0.2) is 0 Å². The Bertz CT molecular complexity index is 4090.